The molecule has 19 heavy (non-hydrogen) atoms. The molecule has 0 radical (unpaired) electrons. The highest BCUT2D eigenvalue weighted by Crippen LogP contribution is 2.20. The number of ether oxygens (including phenoxy) is 1. The zero-order valence-electron chi connectivity index (χ0n) is 10.9. The van der Waals surface area contributed by atoms with E-state index in [-0.39, 0.29) is 0 Å². The van der Waals surface area contributed by atoms with E-state index in [1.807, 2.05) is 37.3 Å². The summed E-state index contributed by atoms with van der Waals surface area (Å²) in [6, 6.07) is 9.77. The molecule has 0 saturated heterocycles. The predicted octanol–water partition coefficient (Wildman–Crippen LogP) is 3.12. The number of nitrogens with zero attached hydrogens (tertiary/aromatic N) is 1. The Morgan fingerprint density at radius 2 is 2.11 bits per heavy atom. The Balaban J connectivity index is 1.98. The Bertz CT molecular complexity index is 540. The van der Waals surface area contributed by atoms with Crippen molar-refractivity contribution in [2.24, 2.45) is 5.73 Å². The molecule has 0 spiro atoms. The Morgan fingerprint density at radius 3 is 2.74 bits per heavy atom. The molecule has 0 unspecified atom stereocenters. The first-order valence-electron chi connectivity index (χ1n) is 6.22. The van der Waals surface area contributed by atoms with Gasteiger partial charge < -0.3 is 10.5 Å². The van der Waals surface area contributed by atoms with Crippen molar-refractivity contribution in [1.82, 2.24) is 4.98 Å². The van der Waals surface area contributed by atoms with E-state index in [9.17, 15) is 0 Å². The van der Waals surface area contributed by atoms with E-state index < -0.39 is 0 Å². The lowest BCUT2D eigenvalue weighted by atomic mass is 10.2. The Morgan fingerprint density at radius 1 is 1.26 bits per heavy atom. The van der Waals surface area contributed by atoms with Gasteiger partial charge in [0.05, 0.1) is 6.20 Å². The number of hydrogen-bond donors (Lipinski definition) is 1. The molecule has 0 saturated carbocycles. The van der Waals surface area contributed by atoms with Crippen LogP contribution in [0.15, 0.2) is 36.5 Å². The normalized spacial score (nSPS) is 10.5. The van der Waals surface area contributed by atoms with Gasteiger partial charge in [0, 0.05) is 22.7 Å². The third-order valence-corrected chi connectivity index (χ3v) is 3.15. The molecule has 0 amide bonds. The summed E-state index contributed by atoms with van der Waals surface area (Å²) < 4.78 is 5.67. The van der Waals surface area contributed by atoms with Crippen LogP contribution in [-0.2, 0) is 13.0 Å². The minimum absolute atomic E-state index is 0.441. The molecule has 0 atom stereocenters. The maximum Gasteiger partial charge on any atom is 0.138 e. The first kappa shape index (κ1) is 13.8. The van der Waals surface area contributed by atoms with Crippen LogP contribution in [0.5, 0.6) is 5.75 Å². The zero-order chi connectivity index (χ0) is 13.7. The standard InChI is InChI=1S/C15H17ClN2O/c1-11-2-3-12(15(16)8-11)10-19-14-5-4-13(6-7-17)18-9-14/h2-5,8-9H,6-7,10,17H2,1H3. The summed E-state index contributed by atoms with van der Waals surface area (Å²) in [5.74, 6) is 0.734. The Labute approximate surface area is 118 Å². The second-order valence-corrected chi connectivity index (χ2v) is 4.81. The summed E-state index contributed by atoms with van der Waals surface area (Å²) in [7, 11) is 0. The quantitative estimate of drug-likeness (QED) is 0.913. The van der Waals surface area contributed by atoms with Gasteiger partial charge in [0.15, 0.2) is 0 Å². The van der Waals surface area contributed by atoms with Crippen molar-refractivity contribution >= 4 is 11.6 Å². The van der Waals surface area contributed by atoms with Crippen LogP contribution >= 0.6 is 11.6 Å². The highest BCUT2D eigenvalue weighted by molar-refractivity contribution is 6.31. The third kappa shape index (κ3) is 3.94. The monoisotopic (exact) mass is 276 g/mol. The van der Waals surface area contributed by atoms with Crippen LogP contribution in [0.25, 0.3) is 0 Å². The molecule has 2 rings (SSSR count). The number of aromatic nitrogens is 1. The summed E-state index contributed by atoms with van der Waals surface area (Å²) in [5, 5.41) is 0.729. The fourth-order valence-corrected chi connectivity index (χ4v) is 2.01. The molecular weight excluding hydrogens is 260 g/mol. The van der Waals surface area contributed by atoms with E-state index in [0.29, 0.717) is 13.2 Å². The molecule has 4 heteroatoms. The van der Waals surface area contributed by atoms with Gasteiger partial charge in [-0.05, 0) is 37.2 Å². The topological polar surface area (TPSA) is 48.1 Å². The van der Waals surface area contributed by atoms with Gasteiger partial charge >= 0.3 is 0 Å². The van der Waals surface area contributed by atoms with Crippen LogP contribution < -0.4 is 10.5 Å². The molecule has 1 aromatic heterocycles. The third-order valence-electron chi connectivity index (χ3n) is 2.80. The van der Waals surface area contributed by atoms with Crippen molar-refractivity contribution in [3.05, 3.63) is 58.4 Å². The van der Waals surface area contributed by atoms with E-state index in [2.05, 4.69) is 4.98 Å². The average Bonchev–Trinajstić information content (AvgIpc) is 2.40. The van der Waals surface area contributed by atoms with E-state index in [0.717, 1.165) is 34.0 Å². The van der Waals surface area contributed by atoms with Gasteiger partial charge in [0.1, 0.15) is 12.4 Å². The minimum Gasteiger partial charge on any atom is -0.487 e. The van der Waals surface area contributed by atoms with Crippen molar-refractivity contribution in [2.75, 3.05) is 6.54 Å². The summed E-state index contributed by atoms with van der Waals surface area (Å²) in [5.41, 5.74) is 8.56. The molecule has 0 aliphatic heterocycles. The lowest BCUT2D eigenvalue weighted by Gasteiger charge is -2.08. The first-order valence-corrected chi connectivity index (χ1v) is 6.59. The van der Waals surface area contributed by atoms with E-state index in [1.165, 1.54) is 0 Å². The van der Waals surface area contributed by atoms with Crippen LogP contribution in [0.2, 0.25) is 5.02 Å². The average molecular weight is 277 g/mol. The molecule has 0 fully saturated rings. The second kappa shape index (κ2) is 6.55. The smallest absolute Gasteiger partial charge is 0.138 e. The molecule has 0 aliphatic rings. The molecule has 100 valence electrons. The highest BCUT2D eigenvalue weighted by Gasteiger charge is 2.02. The summed E-state index contributed by atoms with van der Waals surface area (Å²) in [6.07, 6.45) is 2.50. The van der Waals surface area contributed by atoms with Gasteiger partial charge in [-0.2, -0.15) is 0 Å². The van der Waals surface area contributed by atoms with Crippen molar-refractivity contribution in [1.29, 1.82) is 0 Å². The van der Waals surface area contributed by atoms with Gasteiger partial charge in [0.25, 0.3) is 0 Å². The van der Waals surface area contributed by atoms with E-state index >= 15 is 0 Å². The SMILES string of the molecule is Cc1ccc(COc2ccc(CCN)nc2)c(Cl)c1. The number of benzene rings is 1. The number of rotatable bonds is 5. The molecule has 1 heterocycles. The van der Waals surface area contributed by atoms with E-state index in [4.69, 9.17) is 22.1 Å². The lowest BCUT2D eigenvalue weighted by molar-refractivity contribution is 0.305. The predicted molar refractivity (Wildman–Crippen MR) is 77.5 cm³/mol. The number of nitrogens with two attached hydrogens (primary N) is 1. The lowest BCUT2D eigenvalue weighted by Crippen LogP contribution is -2.04. The maximum absolute atomic E-state index is 6.15. The van der Waals surface area contributed by atoms with Crippen LogP contribution in [0.3, 0.4) is 0 Å². The van der Waals surface area contributed by atoms with Gasteiger partial charge in [0.2, 0.25) is 0 Å². The fraction of sp³-hybridized carbons (Fsp3) is 0.267. The second-order valence-electron chi connectivity index (χ2n) is 4.41. The van der Waals surface area contributed by atoms with Crippen molar-refractivity contribution in [3.8, 4) is 5.75 Å². The first-order chi connectivity index (χ1) is 9.19. The van der Waals surface area contributed by atoms with Gasteiger partial charge in [-0.1, -0.05) is 23.7 Å². The number of pyridine rings is 1. The van der Waals surface area contributed by atoms with Gasteiger partial charge in [-0.15, -0.1) is 0 Å². The largest absolute Gasteiger partial charge is 0.487 e. The summed E-state index contributed by atoms with van der Waals surface area (Å²) >= 11 is 6.15. The fourth-order valence-electron chi connectivity index (χ4n) is 1.72. The number of halogens is 1. The molecule has 0 bridgehead atoms. The van der Waals surface area contributed by atoms with E-state index in [1.54, 1.807) is 6.20 Å². The minimum atomic E-state index is 0.441. The Hall–Kier alpha value is -1.58. The van der Waals surface area contributed by atoms with Crippen LogP contribution in [0.4, 0.5) is 0 Å². The zero-order valence-corrected chi connectivity index (χ0v) is 11.7. The highest BCUT2D eigenvalue weighted by atomic mass is 35.5. The molecule has 0 aliphatic carbocycles. The number of aryl methyl sites for hydroxylation is 1. The number of hydrogen-bond acceptors (Lipinski definition) is 3. The Kier molecular flexibility index (Phi) is 4.77. The van der Waals surface area contributed by atoms with Crippen molar-refractivity contribution in [3.63, 3.8) is 0 Å². The molecular formula is C15H17ClN2O. The molecule has 2 aromatic rings. The molecule has 3 nitrogen and oxygen atoms in total. The van der Waals surface area contributed by atoms with Crippen LogP contribution in [-0.4, -0.2) is 11.5 Å². The van der Waals surface area contributed by atoms with Gasteiger partial charge in [-0.25, -0.2) is 0 Å². The van der Waals surface area contributed by atoms with Crippen molar-refractivity contribution < 1.29 is 4.74 Å². The van der Waals surface area contributed by atoms with Gasteiger partial charge in [-0.3, -0.25) is 4.98 Å². The van der Waals surface area contributed by atoms with Crippen molar-refractivity contribution in [2.45, 2.75) is 20.0 Å². The molecule has 1 aromatic carbocycles. The maximum atomic E-state index is 6.15. The van der Waals surface area contributed by atoms with Crippen LogP contribution in [0.1, 0.15) is 16.8 Å². The summed E-state index contributed by atoms with van der Waals surface area (Å²) in [4.78, 5) is 4.28. The summed E-state index contributed by atoms with van der Waals surface area (Å²) in [6.45, 7) is 3.06. The molecule has 2 N–H and O–H groups in total. The van der Waals surface area contributed by atoms with Crippen LogP contribution in [0, 0.1) is 6.92 Å².